The van der Waals surface area contributed by atoms with E-state index in [1.54, 1.807) is 16.7 Å². The van der Waals surface area contributed by atoms with E-state index in [0.717, 1.165) is 58.1 Å². The van der Waals surface area contributed by atoms with Crippen molar-refractivity contribution < 1.29 is 0 Å². The molecule has 0 amide bonds. The Kier molecular flexibility index (Phi) is 11.7. The molecule has 0 saturated carbocycles. The van der Waals surface area contributed by atoms with Crippen molar-refractivity contribution in [2.75, 3.05) is 26.2 Å². The van der Waals surface area contributed by atoms with Crippen LogP contribution in [0.4, 0.5) is 0 Å². The van der Waals surface area contributed by atoms with Crippen molar-refractivity contribution in [3.8, 4) is 0 Å². The van der Waals surface area contributed by atoms with Crippen molar-refractivity contribution in [2.24, 2.45) is 4.99 Å². The van der Waals surface area contributed by atoms with Gasteiger partial charge in [0.25, 0.3) is 0 Å². The van der Waals surface area contributed by atoms with Crippen LogP contribution in [-0.2, 0) is 13.1 Å². The van der Waals surface area contributed by atoms with Gasteiger partial charge in [0.2, 0.25) is 5.56 Å². The number of benzene rings is 1. The Labute approximate surface area is 203 Å². The Bertz CT molecular complexity index is 839. The van der Waals surface area contributed by atoms with Crippen LogP contribution in [0.25, 0.3) is 0 Å². The molecule has 1 aromatic carbocycles. The number of nitrogens with zero attached hydrogens (tertiary/aromatic N) is 3. The maximum Gasteiger partial charge on any atom is 0.250 e. The van der Waals surface area contributed by atoms with Crippen molar-refractivity contribution >= 4 is 29.9 Å². The first-order valence-corrected chi connectivity index (χ1v) is 11.2. The second kappa shape index (κ2) is 14.2. The van der Waals surface area contributed by atoms with Crippen LogP contribution < -0.4 is 16.2 Å². The number of hydrogen-bond donors (Lipinski definition) is 2. The van der Waals surface area contributed by atoms with Gasteiger partial charge < -0.3 is 15.2 Å². The van der Waals surface area contributed by atoms with Gasteiger partial charge in [-0.3, -0.25) is 14.7 Å². The lowest BCUT2D eigenvalue weighted by atomic mass is 10.2. The summed E-state index contributed by atoms with van der Waals surface area (Å²) >= 11 is 0. The summed E-state index contributed by atoms with van der Waals surface area (Å²) in [5.74, 6) is 0.890. The molecule has 31 heavy (non-hydrogen) atoms. The predicted octanol–water partition coefficient (Wildman–Crippen LogP) is 3.47. The number of likely N-dealkylation sites (tertiary alicyclic amines) is 1. The number of halogens is 1. The van der Waals surface area contributed by atoms with Gasteiger partial charge >= 0.3 is 0 Å². The molecule has 1 fully saturated rings. The van der Waals surface area contributed by atoms with E-state index in [-0.39, 0.29) is 29.5 Å². The van der Waals surface area contributed by atoms with E-state index in [2.05, 4.69) is 52.8 Å². The first kappa shape index (κ1) is 25.4. The lowest BCUT2D eigenvalue weighted by molar-refractivity contribution is 0.250. The van der Waals surface area contributed by atoms with E-state index in [4.69, 9.17) is 4.99 Å². The van der Waals surface area contributed by atoms with Crippen molar-refractivity contribution in [1.82, 2.24) is 20.1 Å². The molecule has 6 nitrogen and oxygen atoms in total. The minimum absolute atomic E-state index is 0. The number of rotatable bonds is 10. The highest BCUT2D eigenvalue weighted by Gasteiger charge is 2.24. The van der Waals surface area contributed by atoms with Gasteiger partial charge in [0, 0.05) is 44.5 Å². The van der Waals surface area contributed by atoms with Gasteiger partial charge in [0.1, 0.15) is 0 Å². The first-order chi connectivity index (χ1) is 14.8. The van der Waals surface area contributed by atoms with Gasteiger partial charge in [0.05, 0.1) is 6.54 Å². The number of aromatic nitrogens is 1. The maximum absolute atomic E-state index is 11.7. The van der Waals surface area contributed by atoms with E-state index in [1.807, 2.05) is 12.3 Å². The summed E-state index contributed by atoms with van der Waals surface area (Å²) in [6.45, 7) is 7.53. The Balaban J connectivity index is 0.00000341. The molecule has 2 N–H and O–H groups in total. The molecule has 0 spiro atoms. The summed E-state index contributed by atoms with van der Waals surface area (Å²) in [7, 11) is 0. The van der Waals surface area contributed by atoms with Crippen molar-refractivity contribution in [3.63, 3.8) is 0 Å². The first-order valence-electron chi connectivity index (χ1n) is 11.2. The number of pyridine rings is 1. The summed E-state index contributed by atoms with van der Waals surface area (Å²) in [4.78, 5) is 19.2. The Hall–Kier alpha value is -1.87. The Morgan fingerprint density at radius 1 is 1.10 bits per heavy atom. The largest absolute Gasteiger partial charge is 0.357 e. The zero-order valence-electron chi connectivity index (χ0n) is 18.5. The topological polar surface area (TPSA) is 61.7 Å². The predicted molar refractivity (Wildman–Crippen MR) is 139 cm³/mol. The Morgan fingerprint density at radius 3 is 2.68 bits per heavy atom. The van der Waals surface area contributed by atoms with E-state index >= 15 is 0 Å². The molecule has 1 aromatic heterocycles. The molecule has 7 heteroatoms. The molecule has 1 saturated heterocycles. The number of aryl methyl sites for hydroxylation is 1. The highest BCUT2D eigenvalue weighted by atomic mass is 127. The van der Waals surface area contributed by atoms with Crippen molar-refractivity contribution in [2.45, 2.75) is 51.7 Å². The summed E-state index contributed by atoms with van der Waals surface area (Å²) in [5, 5.41) is 6.80. The summed E-state index contributed by atoms with van der Waals surface area (Å²) in [5.41, 5.74) is 1.44. The van der Waals surface area contributed by atoms with Gasteiger partial charge in [-0.15, -0.1) is 24.0 Å². The lowest BCUT2D eigenvalue weighted by Gasteiger charge is -2.23. The van der Waals surface area contributed by atoms with Crippen LogP contribution in [0, 0.1) is 0 Å². The Morgan fingerprint density at radius 2 is 1.90 bits per heavy atom. The zero-order valence-corrected chi connectivity index (χ0v) is 20.8. The number of unbranched alkanes of at least 4 members (excludes halogenated alkanes) is 1. The molecule has 1 atom stereocenters. The highest BCUT2D eigenvalue weighted by Crippen LogP contribution is 2.20. The summed E-state index contributed by atoms with van der Waals surface area (Å²) < 4.78 is 1.76. The fourth-order valence-electron chi connectivity index (χ4n) is 3.93. The molecule has 1 aliphatic rings. The summed E-state index contributed by atoms with van der Waals surface area (Å²) in [6.07, 6.45) is 6.26. The fraction of sp³-hybridized carbons (Fsp3) is 0.500. The van der Waals surface area contributed by atoms with Crippen LogP contribution in [0.3, 0.4) is 0 Å². The third kappa shape index (κ3) is 8.65. The molecular weight excluding hydrogens is 501 g/mol. The van der Waals surface area contributed by atoms with E-state index < -0.39 is 0 Å². The second-order valence-corrected chi connectivity index (χ2v) is 7.84. The fourth-order valence-corrected chi connectivity index (χ4v) is 3.93. The molecule has 0 aliphatic carbocycles. The molecule has 2 heterocycles. The SMILES string of the molecule is CCNC(=NCC1CCCN1Cc1ccccc1)NCCCCn1ccccc1=O.I. The van der Waals surface area contributed by atoms with Gasteiger partial charge in [-0.25, -0.2) is 0 Å². The van der Waals surface area contributed by atoms with Crippen LogP contribution in [0.2, 0.25) is 0 Å². The monoisotopic (exact) mass is 537 g/mol. The van der Waals surface area contributed by atoms with Crippen molar-refractivity contribution in [3.05, 3.63) is 70.6 Å². The average molecular weight is 537 g/mol. The molecule has 0 bridgehead atoms. The summed E-state index contributed by atoms with van der Waals surface area (Å²) in [6, 6.07) is 16.5. The van der Waals surface area contributed by atoms with Crippen LogP contribution in [-0.4, -0.2) is 47.6 Å². The molecule has 3 rings (SSSR count). The standard InChI is InChI=1S/C24H35N5O.HI/c1-2-25-24(26-15-7-9-17-28-16-8-6-14-23(28)30)27-19-22-13-10-18-29(22)20-21-11-4-3-5-12-21;/h3-6,8,11-12,14,16,22H,2,7,9-10,13,15,17-20H2,1H3,(H2,25,26,27);1H. The lowest BCUT2D eigenvalue weighted by Crippen LogP contribution is -2.39. The van der Waals surface area contributed by atoms with E-state index in [9.17, 15) is 4.79 Å². The van der Waals surface area contributed by atoms with Crippen LogP contribution in [0.1, 0.15) is 38.2 Å². The number of hydrogen-bond acceptors (Lipinski definition) is 3. The van der Waals surface area contributed by atoms with Gasteiger partial charge in [-0.2, -0.15) is 0 Å². The third-order valence-electron chi connectivity index (χ3n) is 5.55. The van der Waals surface area contributed by atoms with Crippen molar-refractivity contribution in [1.29, 1.82) is 0 Å². The second-order valence-electron chi connectivity index (χ2n) is 7.84. The quantitative estimate of drug-likeness (QED) is 0.211. The van der Waals surface area contributed by atoms with Gasteiger partial charge in [-0.05, 0) is 50.8 Å². The van der Waals surface area contributed by atoms with Gasteiger partial charge in [0.15, 0.2) is 5.96 Å². The minimum atomic E-state index is 0. The minimum Gasteiger partial charge on any atom is -0.357 e. The third-order valence-corrected chi connectivity index (χ3v) is 5.55. The number of guanidine groups is 1. The van der Waals surface area contributed by atoms with Crippen LogP contribution >= 0.6 is 24.0 Å². The molecular formula is C24H36IN5O. The normalized spacial score (nSPS) is 16.7. The number of nitrogens with one attached hydrogen (secondary N) is 2. The maximum atomic E-state index is 11.7. The molecule has 0 radical (unpaired) electrons. The molecule has 170 valence electrons. The molecule has 1 unspecified atom stereocenters. The van der Waals surface area contributed by atoms with E-state index in [1.165, 1.54) is 18.4 Å². The molecule has 2 aromatic rings. The van der Waals surface area contributed by atoms with Crippen LogP contribution in [0.5, 0.6) is 0 Å². The average Bonchev–Trinajstić information content (AvgIpc) is 3.20. The number of aliphatic imine (C=N–C) groups is 1. The molecule has 1 aliphatic heterocycles. The van der Waals surface area contributed by atoms with Crippen LogP contribution in [0.15, 0.2) is 64.5 Å². The zero-order chi connectivity index (χ0) is 21.0. The van der Waals surface area contributed by atoms with E-state index in [0.29, 0.717) is 6.04 Å². The smallest absolute Gasteiger partial charge is 0.250 e. The highest BCUT2D eigenvalue weighted by molar-refractivity contribution is 14.0. The van der Waals surface area contributed by atoms with Gasteiger partial charge in [-0.1, -0.05) is 36.4 Å².